The number of unbranched alkanes of at least 4 members (excludes halogenated alkanes) is 2. The molecule has 8 nitrogen and oxygen atoms in total. The van der Waals surface area contributed by atoms with Crippen LogP contribution in [-0.2, 0) is 13.1 Å². The first-order valence-corrected chi connectivity index (χ1v) is 14.2. The summed E-state index contributed by atoms with van der Waals surface area (Å²) in [5.74, 6) is -0.815. The van der Waals surface area contributed by atoms with Crippen LogP contribution in [0.1, 0.15) is 51.4 Å². The monoisotopic (exact) mass is 568 g/mol. The van der Waals surface area contributed by atoms with Crippen molar-refractivity contribution in [2.75, 3.05) is 0 Å². The van der Waals surface area contributed by atoms with Gasteiger partial charge in [0.15, 0.2) is 11.4 Å². The Morgan fingerprint density at radius 2 is 0.860 bits per heavy atom. The molecule has 0 unspecified atom stereocenters. The smallest absolute Gasteiger partial charge is 0.281 e. The van der Waals surface area contributed by atoms with Crippen LogP contribution in [0.4, 0.5) is 0 Å². The Morgan fingerprint density at radius 1 is 0.488 bits per heavy atom. The first-order valence-electron chi connectivity index (χ1n) is 14.2. The van der Waals surface area contributed by atoms with E-state index in [1.807, 2.05) is 48.5 Å². The standard InChI is InChI=1S/C35H28N4O4/c40-32(24-14-4-1-5-15-24)30-34(42)38(28-20-10-8-18-26(28)36-30)22-12-3-13-23-39-29-21-11-9-19-27(29)37-31(35(39)43)33(41)25-16-6-2-7-17-25/h1-2,4-11,14-21H,3,12-13,22-23H2. The van der Waals surface area contributed by atoms with Crippen LogP contribution < -0.4 is 11.1 Å². The number of para-hydroxylation sites is 4. The summed E-state index contributed by atoms with van der Waals surface area (Å²) in [6, 6.07) is 31.9. The van der Waals surface area contributed by atoms with Crippen LogP contribution in [0.5, 0.6) is 0 Å². The molecule has 0 amide bonds. The maximum atomic E-state index is 13.5. The number of rotatable bonds is 10. The van der Waals surface area contributed by atoms with E-state index in [9.17, 15) is 19.2 Å². The van der Waals surface area contributed by atoms with Crippen molar-refractivity contribution in [3.05, 3.63) is 152 Å². The summed E-state index contributed by atoms with van der Waals surface area (Å²) in [5, 5.41) is 0. The normalized spacial score (nSPS) is 11.2. The number of ketones is 2. The van der Waals surface area contributed by atoms with Gasteiger partial charge in [-0.15, -0.1) is 0 Å². The molecular formula is C35H28N4O4. The van der Waals surface area contributed by atoms with E-state index >= 15 is 0 Å². The third-order valence-corrected chi connectivity index (χ3v) is 7.47. The lowest BCUT2D eigenvalue weighted by molar-refractivity contribution is 0.102. The third-order valence-electron chi connectivity index (χ3n) is 7.47. The van der Waals surface area contributed by atoms with Crippen LogP contribution >= 0.6 is 0 Å². The van der Waals surface area contributed by atoms with Gasteiger partial charge in [-0.1, -0.05) is 84.9 Å². The molecule has 0 bridgehead atoms. The molecule has 0 spiro atoms. The van der Waals surface area contributed by atoms with Gasteiger partial charge in [-0.2, -0.15) is 0 Å². The van der Waals surface area contributed by atoms with Crippen molar-refractivity contribution in [2.24, 2.45) is 0 Å². The molecule has 212 valence electrons. The fraction of sp³-hybridized carbons (Fsp3) is 0.143. The molecule has 6 aromatic rings. The first-order chi connectivity index (χ1) is 21.0. The van der Waals surface area contributed by atoms with Crippen molar-refractivity contribution < 1.29 is 9.59 Å². The number of nitrogens with zero attached hydrogens (tertiary/aromatic N) is 4. The van der Waals surface area contributed by atoms with Gasteiger partial charge in [0.25, 0.3) is 11.1 Å². The minimum atomic E-state index is -0.423. The molecule has 0 aliphatic rings. The van der Waals surface area contributed by atoms with E-state index in [-0.39, 0.29) is 11.4 Å². The number of carbonyl (C=O) groups excluding carboxylic acids is 2. The second-order valence-corrected chi connectivity index (χ2v) is 10.3. The van der Waals surface area contributed by atoms with Crippen molar-refractivity contribution >= 4 is 33.6 Å². The number of benzene rings is 4. The lowest BCUT2D eigenvalue weighted by atomic mass is 10.1. The van der Waals surface area contributed by atoms with Gasteiger partial charge in [0.05, 0.1) is 22.1 Å². The summed E-state index contributed by atoms with van der Waals surface area (Å²) in [6.45, 7) is 0.779. The minimum absolute atomic E-state index is 0.102. The van der Waals surface area contributed by atoms with E-state index in [2.05, 4.69) is 9.97 Å². The average Bonchev–Trinajstić information content (AvgIpc) is 3.06. The quantitative estimate of drug-likeness (QED) is 0.161. The van der Waals surface area contributed by atoms with Crippen molar-refractivity contribution in [3.63, 3.8) is 0 Å². The molecule has 4 aromatic carbocycles. The van der Waals surface area contributed by atoms with Crippen LogP contribution in [0.25, 0.3) is 22.1 Å². The van der Waals surface area contributed by atoms with E-state index in [1.165, 1.54) is 0 Å². The Labute approximate surface area is 246 Å². The number of aromatic nitrogens is 4. The van der Waals surface area contributed by atoms with Gasteiger partial charge >= 0.3 is 0 Å². The molecule has 0 aliphatic heterocycles. The van der Waals surface area contributed by atoms with Crippen molar-refractivity contribution in [1.82, 2.24) is 19.1 Å². The van der Waals surface area contributed by atoms with Gasteiger partial charge in [-0.3, -0.25) is 19.2 Å². The molecule has 43 heavy (non-hydrogen) atoms. The zero-order valence-electron chi connectivity index (χ0n) is 23.3. The van der Waals surface area contributed by atoms with Gasteiger partial charge in [0.1, 0.15) is 0 Å². The summed E-state index contributed by atoms with van der Waals surface area (Å²) < 4.78 is 3.23. The fourth-order valence-electron chi connectivity index (χ4n) is 5.29. The number of fused-ring (bicyclic) bond motifs is 2. The van der Waals surface area contributed by atoms with Gasteiger partial charge < -0.3 is 9.13 Å². The lowest BCUT2D eigenvalue weighted by Gasteiger charge is -2.13. The van der Waals surface area contributed by atoms with E-state index in [4.69, 9.17) is 0 Å². The van der Waals surface area contributed by atoms with Crippen LogP contribution in [0.3, 0.4) is 0 Å². The number of hydrogen-bond acceptors (Lipinski definition) is 6. The van der Waals surface area contributed by atoms with E-state index < -0.39 is 22.7 Å². The minimum Gasteiger partial charge on any atom is -0.305 e. The predicted molar refractivity (Wildman–Crippen MR) is 166 cm³/mol. The summed E-state index contributed by atoms with van der Waals surface area (Å²) in [4.78, 5) is 62.2. The van der Waals surface area contributed by atoms with Gasteiger partial charge in [0.2, 0.25) is 11.6 Å². The second-order valence-electron chi connectivity index (χ2n) is 10.3. The van der Waals surface area contributed by atoms with Crippen LogP contribution in [0.15, 0.2) is 119 Å². The fourth-order valence-corrected chi connectivity index (χ4v) is 5.29. The van der Waals surface area contributed by atoms with Crippen LogP contribution in [-0.4, -0.2) is 30.7 Å². The second kappa shape index (κ2) is 12.2. The zero-order chi connectivity index (χ0) is 29.8. The molecule has 0 saturated heterocycles. The highest BCUT2D eigenvalue weighted by atomic mass is 16.2. The largest absolute Gasteiger partial charge is 0.305 e. The third kappa shape index (κ3) is 5.55. The lowest BCUT2D eigenvalue weighted by Crippen LogP contribution is -2.29. The molecule has 2 aromatic heterocycles. The van der Waals surface area contributed by atoms with Crippen LogP contribution in [0, 0.1) is 0 Å². The van der Waals surface area contributed by atoms with Gasteiger partial charge in [-0.25, -0.2) is 9.97 Å². The molecule has 8 heteroatoms. The summed E-state index contributed by atoms with van der Waals surface area (Å²) >= 11 is 0. The molecule has 6 rings (SSSR count). The number of hydrogen-bond donors (Lipinski definition) is 0. The first kappa shape index (κ1) is 27.7. The molecule has 0 radical (unpaired) electrons. The van der Waals surface area contributed by atoms with Gasteiger partial charge in [-0.05, 0) is 43.5 Å². The Morgan fingerprint density at radius 3 is 1.28 bits per heavy atom. The molecule has 0 saturated carbocycles. The van der Waals surface area contributed by atoms with E-state index in [0.717, 1.165) is 0 Å². The molecule has 0 aliphatic carbocycles. The van der Waals surface area contributed by atoms with Crippen molar-refractivity contribution in [1.29, 1.82) is 0 Å². The van der Waals surface area contributed by atoms with Crippen molar-refractivity contribution in [2.45, 2.75) is 32.4 Å². The highest BCUT2D eigenvalue weighted by Gasteiger charge is 2.20. The summed E-state index contributed by atoms with van der Waals surface area (Å²) in [7, 11) is 0. The Kier molecular flexibility index (Phi) is 7.82. The highest BCUT2D eigenvalue weighted by Crippen LogP contribution is 2.16. The average molecular weight is 569 g/mol. The van der Waals surface area contributed by atoms with E-state index in [1.54, 1.807) is 69.8 Å². The molecule has 0 fully saturated rings. The topological polar surface area (TPSA) is 104 Å². The van der Waals surface area contributed by atoms with Gasteiger partial charge in [0, 0.05) is 24.2 Å². The van der Waals surface area contributed by atoms with E-state index in [0.29, 0.717) is 65.5 Å². The zero-order valence-corrected chi connectivity index (χ0v) is 23.3. The summed E-state index contributed by atoms with van der Waals surface area (Å²) in [6.07, 6.45) is 1.98. The molecule has 0 atom stereocenters. The predicted octanol–water partition coefficient (Wildman–Crippen LogP) is 5.44. The number of carbonyl (C=O) groups is 2. The van der Waals surface area contributed by atoms with Crippen LogP contribution in [0.2, 0.25) is 0 Å². The Hall–Kier alpha value is -5.50. The molecular weight excluding hydrogens is 540 g/mol. The maximum absolute atomic E-state index is 13.5. The maximum Gasteiger partial charge on any atom is 0.281 e. The molecule has 0 N–H and O–H groups in total. The Bertz CT molecular complexity index is 1930. The van der Waals surface area contributed by atoms with Crippen molar-refractivity contribution in [3.8, 4) is 0 Å². The molecule has 2 heterocycles. The highest BCUT2D eigenvalue weighted by molar-refractivity contribution is 6.08. The summed E-state index contributed by atoms with van der Waals surface area (Å²) in [5.41, 5.74) is 2.25. The Balaban J connectivity index is 1.23. The SMILES string of the molecule is O=C(c1ccccc1)c1nc2ccccc2n(CCCCCn2c(=O)c(C(=O)c3ccccc3)nc3ccccc32)c1=O. The number of aryl methyl sites for hydroxylation is 2.